The number of nitrogens with zero attached hydrogens (tertiary/aromatic N) is 1. The van der Waals surface area contributed by atoms with Gasteiger partial charge >= 0.3 is 0 Å². The quantitative estimate of drug-likeness (QED) is 0.245. The van der Waals surface area contributed by atoms with Crippen molar-refractivity contribution in [3.05, 3.63) is 76.1 Å². The van der Waals surface area contributed by atoms with Crippen molar-refractivity contribution < 1.29 is 20.1 Å². The molecule has 8 nitrogen and oxygen atoms in total. The summed E-state index contributed by atoms with van der Waals surface area (Å²) in [6.07, 6.45) is 1.85. The van der Waals surface area contributed by atoms with Gasteiger partial charge in [0.1, 0.15) is 5.75 Å². The average molecular weight is 496 g/mol. The first-order valence-electron chi connectivity index (χ1n) is 12.7. The number of benzene rings is 2. The number of aliphatic hydroxyl groups is 2. The molecule has 194 valence electrons. The van der Waals surface area contributed by atoms with Crippen LogP contribution in [0.4, 0.5) is 0 Å². The lowest BCUT2D eigenvalue weighted by atomic mass is 9.79. The van der Waals surface area contributed by atoms with E-state index in [9.17, 15) is 20.1 Å². The molecule has 4 rings (SSSR count). The van der Waals surface area contributed by atoms with E-state index in [4.69, 9.17) is 4.74 Å². The Kier molecular flexibility index (Phi) is 9.12. The van der Waals surface area contributed by atoms with Gasteiger partial charge in [-0.05, 0) is 55.6 Å². The van der Waals surface area contributed by atoms with Gasteiger partial charge in [-0.15, -0.1) is 0 Å². The lowest BCUT2D eigenvalue weighted by Gasteiger charge is -2.41. The molecule has 1 aromatic heterocycles. The number of aromatic nitrogens is 1. The van der Waals surface area contributed by atoms with Gasteiger partial charge in [-0.25, -0.2) is 0 Å². The van der Waals surface area contributed by atoms with Crippen LogP contribution in [0.2, 0.25) is 0 Å². The highest BCUT2D eigenvalue weighted by Gasteiger charge is 2.33. The summed E-state index contributed by atoms with van der Waals surface area (Å²) in [6, 6.07) is 16.5. The van der Waals surface area contributed by atoms with Gasteiger partial charge in [0.25, 0.3) is 0 Å². The molecule has 0 saturated carbocycles. The third-order valence-corrected chi connectivity index (χ3v) is 7.29. The molecule has 5 N–H and O–H groups in total. The number of phenols is 1. The number of hydrogen-bond acceptors (Lipinski definition) is 7. The average Bonchev–Trinajstić information content (AvgIpc) is 2.90. The number of H-pyrrole nitrogens is 1. The molecule has 1 aliphatic heterocycles. The number of piperidine rings is 1. The SMILES string of the molecule is O=c1ccc2c(C(O)CNCC3(CO)CCN(CCOCCc4ccccc4)CC3)ccc(O)c2[nH]1. The zero-order valence-electron chi connectivity index (χ0n) is 20.7. The largest absolute Gasteiger partial charge is 0.506 e. The maximum absolute atomic E-state index is 11.6. The number of aromatic amines is 1. The number of rotatable bonds is 12. The van der Waals surface area contributed by atoms with Gasteiger partial charge in [0.05, 0.1) is 31.4 Å². The number of aromatic hydroxyl groups is 1. The molecule has 1 saturated heterocycles. The Labute approximate surface area is 211 Å². The van der Waals surface area contributed by atoms with Gasteiger partial charge in [-0.2, -0.15) is 0 Å². The summed E-state index contributed by atoms with van der Waals surface area (Å²) in [5.74, 6) is -0.0285. The van der Waals surface area contributed by atoms with E-state index >= 15 is 0 Å². The fourth-order valence-corrected chi connectivity index (χ4v) is 4.91. The van der Waals surface area contributed by atoms with Crippen LogP contribution in [0.1, 0.15) is 30.1 Å². The number of nitrogens with one attached hydrogen (secondary N) is 2. The van der Waals surface area contributed by atoms with Gasteiger partial charge < -0.3 is 35.3 Å². The lowest BCUT2D eigenvalue weighted by Crippen LogP contribution is -2.48. The Morgan fingerprint density at radius 1 is 1.06 bits per heavy atom. The van der Waals surface area contributed by atoms with Gasteiger partial charge in [-0.1, -0.05) is 36.4 Å². The molecule has 3 aromatic rings. The van der Waals surface area contributed by atoms with Crippen LogP contribution in [0.25, 0.3) is 10.9 Å². The summed E-state index contributed by atoms with van der Waals surface area (Å²) >= 11 is 0. The number of likely N-dealkylation sites (tertiary alicyclic amines) is 1. The molecule has 2 aromatic carbocycles. The first-order chi connectivity index (χ1) is 17.5. The van der Waals surface area contributed by atoms with Gasteiger partial charge in [0.15, 0.2) is 0 Å². The zero-order chi connectivity index (χ0) is 25.4. The van der Waals surface area contributed by atoms with E-state index in [2.05, 4.69) is 27.3 Å². The maximum Gasteiger partial charge on any atom is 0.248 e. The first kappa shape index (κ1) is 26.3. The van der Waals surface area contributed by atoms with E-state index in [-0.39, 0.29) is 23.3 Å². The third-order valence-electron chi connectivity index (χ3n) is 7.29. The number of fused-ring (bicyclic) bond motifs is 1. The van der Waals surface area contributed by atoms with E-state index in [0.717, 1.165) is 45.5 Å². The highest BCUT2D eigenvalue weighted by Crippen LogP contribution is 2.31. The minimum absolute atomic E-state index is 0.0285. The molecule has 0 radical (unpaired) electrons. The second kappa shape index (κ2) is 12.5. The topological polar surface area (TPSA) is 118 Å². The molecule has 1 atom stereocenters. The van der Waals surface area contributed by atoms with E-state index in [1.165, 1.54) is 17.7 Å². The molecule has 1 aliphatic rings. The monoisotopic (exact) mass is 495 g/mol. The van der Waals surface area contributed by atoms with E-state index in [1.54, 1.807) is 12.1 Å². The molecule has 1 unspecified atom stereocenters. The van der Waals surface area contributed by atoms with Gasteiger partial charge in [0, 0.05) is 36.5 Å². The Morgan fingerprint density at radius 3 is 2.58 bits per heavy atom. The number of hydrogen-bond donors (Lipinski definition) is 5. The molecule has 8 heteroatoms. The molecule has 0 amide bonds. The normalized spacial score (nSPS) is 16.8. The van der Waals surface area contributed by atoms with Crippen molar-refractivity contribution in [2.75, 3.05) is 52.5 Å². The lowest BCUT2D eigenvalue weighted by molar-refractivity contribution is 0.0274. The number of phenolic OH excluding ortho intramolecular Hbond substituents is 1. The molecule has 0 spiro atoms. The number of ether oxygens (including phenoxy) is 1. The van der Waals surface area contributed by atoms with Crippen LogP contribution in [0.3, 0.4) is 0 Å². The molecule has 2 heterocycles. The van der Waals surface area contributed by atoms with Crippen LogP contribution in [0, 0.1) is 5.41 Å². The minimum atomic E-state index is -0.817. The van der Waals surface area contributed by atoms with Crippen LogP contribution < -0.4 is 10.9 Å². The smallest absolute Gasteiger partial charge is 0.248 e. The Bertz CT molecular complexity index is 1160. The van der Waals surface area contributed by atoms with Crippen molar-refractivity contribution in [3.8, 4) is 5.75 Å². The Balaban J connectivity index is 1.20. The zero-order valence-corrected chi connectivity index (χ0v) is 20.7. The molecular formula is C28H37N3O5. The van der Waals surface area contributed by atoms with Crippen LogP contribution in [-0.4, -0.2) is 77.7 Å². The summed E-state index contributed by atoms with van der Waals surface area (Å²) in [6.45, 7) is 5.13. The van der Waals surface area contributed by atoms with Crippen LogP contribution in [0.5, 0.6) is 5.75 Å². The second-order valence-corrected chi connectivity index (χ2v) is 9.78. The van der Waals surface area contributed by atoms with Crippen LogP contribution in [-0.2, 0) is 11.2 Å². The first-order valence-corrected chi connectivity index (χ1v) is 12.7. The predicted molar refractivity (Wildman–Crippen MR) is 140 cm³/mol. The van der Waals surface area contributed by atoms with E-state index < -0.39 is 6.10 Å². The maximum atomic E-state index is 11.6. The van der Waals surface area contributed by atoms with Crippen molar-refractivity contribution in [1.82, 2.24) is 15.2 Å². The number of pyridine rings is 1. The summed E-state index contributed by atoms with van der Waals surface area (Å²) in [4.78, 5) is 16.6. The molecule has 36 heavy (non-hydrogen) atoms. The van der Waals surface area contributed by atoms with Gasteiger partial charge in [0.2, 0.25) is 5.56 Å². The fourth-order valence-electron chi connectivity index (χ4n) is 4.91. The van der Waals surface area contributed by atoms with Crippen LogP contribution >= 0.6 is 0 Å². The molecule has 1 fully saturated rings. The summed E-state index contributed by atoms with van der Waals surface area (Å²) in [7, 11) is 0. The third kappa shape index (κ3) is 6.72. The molecule has 0 bridgehead atoms. The van der Waals surface area contributed by atoms with E-state index in [1.807, 2.05) is 18.2 Å². The highest BCUT2D eigenvalue weighted by molar-refractivity contribution is 5.87. The van der Waals surface area contributed by atoms with Crippen molar-refractivity contribution in [2.24, 2.45) is 5.41 Å². The molecule has 0 aliphatic carbocycles. The Hall–Kier alpha value is -2.75. The fraction of sp³-hybridized carbons (Fsp3) is 0.464. The summed E-state index contributed by atoms with van der Waals surface area (Å²) < 4.78 is 5.83. The van der Waals surface area contributed by atoms with Crippen molar-refractivity contribution >= 4 is 10.9 Å². The summed E-state index contributed by atoms with van der Waals surface area (Å²) in [5.41, 5.74) is 1.72. The van der Waals surface area contributed by atoms with Crippen LogP contribution in [0.15, 0.2) is 59.4 Å². The summed E-state index contributed by atoms with van der Waals surface area (Å²) in [5, 5.41) is 35.0. The minimum Gasteiger partial charge on any atom is -0.506 e. The molecular weight excluding hydrogens is 458 g/mol. The van der Waals surface area contributed by atoms with Crippen molar-refractivity contribution in [1.29, 1.82) is 0 Å². The van der Waals surface area contributed by atoms with E-state index in [0.29, 0.717) is 36.2 Å². The highest BCUT2D eigenvalue weighted by atomic mass is 16.5. The second-order valence-electron chi connectivity index (χ2n) is 9.78. The van der Waals surface area contributed by atoms with Crippen molar-refractivity contribution in [2.45, 2.75) is 25.4 Å². The number of aliphatic hydroxyl groups excluding tert-OH is 2. The van der Waals surface area contributed by atoms with Crippen molar-refractivity contribution in [3.63, 3.8) is 0 Å². The standard InChI is InChI=1S/C28H37N3O5/c32-20-28(11-13-31(14-12-28)15-17-36-16-10-21-4-2-1-3-5-21)19-29-18-25(34)22-6-8-24(33)27-23(22)7-9-26(35)30-27/h1-9,25,29,32-34H,10-20H2,(H,30,35). The Morgan fingerprint density at radius 2 is 1.83 bits per heavy atom. The predicted octanol–water partition coefficient (Wildman–Crippen LogP) is 2.19. The van der Waals surface area contributed by atoms with Gasteiger partial charge in [-0.3, -0.25) is 4.79 Å².